The van der Waals surface area contributed by atoms with Crippen LogP contribution in [-0.4, -0.2) is 78.1 Å². The molecule has 0 atom stereocenters. The zero-order valence-electron chi connectivity index (χ0n) is 21.7. The molecular formula is C28H30N6O4. The number of piperazine rings is 1. The number of hydrogen-bond acceptors (Lipinski definition) is 8. The van der Waals surface area contributed by atoms with Gasteiger partial charge in [-0.3, -0.25) is 4.79 Å². The summed E-state index contributed by atoms with van der Waals surface area (Å²) in [6.45, 7) is 2.64. The van der Waals surface area contributed by atoms with Crippen molar-refractivity contribution in [1.82, 2.24) is 24.6 Å². The molecule has 10 heteroatoms. The molecule has 1 fully saturated rings. The average molecular weight is 515 g/mol. The van der Waals surface area contributed by atoms with E-state index in [-0.39, 0.29) is 12.5 Å². The molecule has 1 amide bonds. The molecule has 38 heavy (non-hydrogen) atoms. The summed E-state index contributed by atoms with van der Waals surface area (Å²) in [6, 6.07) is 20.8. The van der Waals surface area contributed by atoms with Crippen LogP contribution in [0.4, 0.5) is 5.82 Å². The lowest BCUT2D eigenvalue weighted by molar-refractivity contribution is -0.132. The normalized spacial score (nSPS) is 13.3. The monoisotopic (exact) mass is 514 g/mol. The number of pyridine rings is 1. The lowest BCUT2D eigenvalue weighted by atomic mass is 10.2. The highest BCUT2D eigenvalue weighted by Crippen LogP contribution is 2.26. The Kier molecular flexibility index (Phi) is 7.39. The van der Waals surface area contributed by atoms with Gasteiger partial charge in [-0.2, -0.15) is 4.98 Å². The number of methoxy groups -OCH3 is 3. The molecule has 0 bridgehead atoms. The number of benzene rings is 2. The van der Waals surface area contributed by atoms with Gasteiger partial charge in [0.05, 0.1) is 21.3 Å². The van der Waals surface area contributed by atoms with Gasteiger partial charge >= 0.3 is 0 Å². The molecule has 4 aromatic rings. The van der Waals surface area contributed by atoms with Gasteiger partial charge in [0, 0.05) is 43.4 Å². The largest absolute Gasteiger partial charge is 0.497 e. The summed E-state index contributed by atoms with van der Waals surface area (Å²) in [4.78, 5) is 26.7. The fourth-order valence-electron chi connectivity index (χ4n) is 4.38. The second-order valence-corrected chi connectivity index (χ2v) is 8.78. The molecule has 196 valence electrons. The molecule has 0 saturated carbocycles. The van der Waals surface area contributed by atoms with Crippen molar-refractivity contribution < 1.29 is 19.0 Å². The van der Waals surface area contributed by atoms with E-state index in [2.05, 4.69) is 9.88 Å². The summed E-state index contributed by atoms with van der Waals surface area (Å²) in [7, 11) is 4.86. The smallest absolute Gasteiger partial charge is 0.244 e. The number of amides is 1. The first kappa shape index (κ1) is 25.1. The van der Waals surface area contributed by atoms with Crippen molar-refractivity contribution >= 4 is 11.7 Å². The van der Waals surface area contributed by atoms with E-state index >= 15 is 0 Å². The maximum Gasteiger partial charge on any atom is 0.244 e. The standard InChI is InChI=1S/C28H30N6O4/c1-36-22-11-7-20(8-12-22)27-30-28(21-9-13-23(37-2)14-10-21)34(31-27)19-26(35)33-17-15-32(16-18-33)24-5-4-6-25(29-24)38-3/h4-14H,15-19H2,1-3H3. The van der Waals surface area contributed by atoms with E-state index < -0.39 is 0 Å². The van der Waals surface area contributed by atoms with Gasteiger partial charge in [0.2, 0.25) is 11.8 Å². The minimum atomic E-state index is -0.0100. The van der Waals surface area contributed by atoms with Crippen LogP contribution in [-0.2, 0) is 11.3 Å². The Balaban J connectivity index is 1.34. The number of ether oxygens (including phenoxy) is 3. The predicted molar refractivity (Wildman–Crippen MR) is 144 cm³/mol. The SMILES string of the molecule is COc1ccc(-c2nc(-c3ccc(OC)cc3)n(CC(=O)N3CCN(c4cccc(OC)n4)CC3)n2)cc1. The first-order valence-electron chi connectivity index (χ1n) is 12.4. The van der Waals surface area contributed by atoms with Gasteiger partial charge in [-0.05, 0) is 54.6 Å². The highest BCUT2D eigenvalue weighted by atomic mass is 16.5. The number of rotatable bonds is 8. The molecule has 1 saturated heterocycles. The summed E-state index contributed by atoms with van der Waals surface area (Å²) >= 11 is 0. The Morgan fingerprint density at radius 1 is 0.763 bits per heavy atom. The van der Waals surface area contributed by atoms with Crippen molar-refractivity contribution in [2.45, 2.75) is 6.54 Å². The number of anilines is 1. The lowest BCUT2D eigenvalue weighted by Gasteiger charge is -2.35. The van der Waals surface area contributed by atoms with Crippen LogP contribution in [0.3, 0.4) is 0 Å². The molecule has 0 N–H and O–H groups in total. The zero-order valence-corrected chi connectivity index (χ0v) is 21.7. The molecule has 0 radical (unpaired) electrons. The molecule has 1 aliphatic rings. The summed E-state index contributed by atoms with van der Waals surface area (Å²) in [5.74, 6) is 4.07. The van der Waals surface area contributed by atoms with Crippen molar-refractivity contribution in [1.29, 1.82) is 0 Å². The number of carbonyl (C=O) groups is 1. The Morgan fingerprint density at radius 3 is 2.00 bits per heavy atom. The number of aromatic nitrogens is 4. The number of hydrogen-bond donors (Lipinski definition) is 0. The average Bonchev–Trinajstić information content (AvgIpc) is 3.40. The van der Waals surface area contributed by atoms with E-state index in [1.807, 2.05) is 71.6 Å². The van der Waals surface area contributed by atoms with Crippen molar-refractivity contribution in [2.24, 2.45) is 0 Å². The van der Waals surface area contributed by atoms with Gasteiger partial charge in [0.15, 0.2) is 11.6 Å². The highest BCUT2D eigenvalue weighted by molar-refractivity contribution is 5.77. The topological polar surface area (TPSA) is 94.8 Å². The second-order valence-electron chi connectivity index (χ2n) is 8.78. The molecule has 5 rings (SSSR count). The Hall–Kier alpha value is -4.60. The minimum absolute atomic E-state index is 0.0100. The molecule has 1 aliphatic heterocycles. The Morgan fingerprint density at radius 2 is 1.39 bits per heavy atom. The van der Waals surface area contributed by atoms with Gasteiger partial charge in [0.25, 0.3) is 0 Å². The van der Waals surface area contributed by atoms with Gasteiger partial charge in [-0.15, -0.1) is 5.10 Å². The molecule has 3 heterocycles. The molecule has 2 aromatic carbocycles. The zero-order chi connectivity index (χ0) is 26.5. The van der Waals surface area contributed by atoms with Crippen LogP contribution in [0.2, 0.25) is 0 Å². The van der Waals surface area contributed by atoms with Crippen LogP contribution < -0.4 is 19.1 Å². The summed E-state index contributed by atoms with van der Waals surface area (Å²) in [5, 5.41) is 4.72. The molecule has 0 unspecified atom stereocenters. The third-order valence-corrected chi connectivity index (χ3v) is 6.53. The fourth-order valence-corrected chi connectivity index (χ4v) is 4.38. The first-order chi connectivity index (χ1) is 18.6. The van der Waals surface area contributed by atoms with Gasteiger partial charge in [-0.25, -0.2) is 9.67 Å². The van der Waals surface area contributed by atoms with Crippen LogP contribution >= 0.6 is 0 Å². The highest BCUT2D eigenvalue weighted by Gasteiger charge is 2.24. The van der Waals surface area contributed by atoms with Crippen LogP contribution in [0.1, 0.15) is 0 Å². The fraction of sp³-hybridized carbons (Fsp3) is 0.286. The minimum Gasteiger partial charge on any atom is -0.497 e. The van der Waals surface area contributed by atoms with E-state index in [1.165, 1.54) is 0 Å². The molecular weight excluding hydrogens is 484 g/mol. The van der Waals surface area contributed by atoms with Crippen molar-refractivity contribution in [3.63, 3.8) is 0 Å². The first-order valence-corrected chi connectivity index (χ1v) is 12.4. The second kappa shape index (κ2) is 11.2. The quantitative estimate of drug-likeness (QED) is 0.353. The van der Waals surface area contributed by atoms with E-state index in [1.54, 1.807) is 26.0 Å². The molecule has 0 aliphatic carbocycles. The van der Waals surface area contributed by atoms with Gasteiger partial charge < -0.3 is 24.0 Å². The number of nitrogens with zero attached hydrogens (tertiary/aromatic N) is 6. The van der Waals surface area contributed by atoms with E-state index in [9.17, 15) is 4.79 Å². The molecule has 2 aromatic heterocycles. The van der Waals surface area contributed by atoms with Crippen LogP contribution in [0.15, 0.2) is 66.7 Å². The van der Waals surface area contributed by atoms with E-state index in [0.29, 0.717) is 43.7 Å². The van der Waals surface area contributed by atoms with Crippen molar-refractivity contribution in [2.75, 3.05) is 52.4 Å². The molecule has 0 spiro atoms. The Bertz CT molecular complexity index is 1380. The molecule has 10 nitrogen and oxygen atoms in total. The number of carbonyl (C=O) groups excluding carboxylic acids is 1. The maximum absolute atomic E-state index is 13.4. The van der Waals surface area contributed by atoms with Crippen LogP contribution in [0, 0.1) is 0 Å². The van der Waals surface area contributed by atoms with Crippen molar-refractivity contribution in [3.8, 4) is 40.2 Å². The summed E-state index contributed by atoms with van der Waals surface area (Å²) < 4.78 is 17.5. The Labute approximate surface area is 221 Å². The maximum atomic E-state index is 13.4. The summed E-state index contributed by atoms with van der Waals surface area (Å²) in [5.41, 5.74) is 1.69. The van der Waals surface area contributed by atoms with Crippen LogP contribution in [0.25, 0.3) is 22.8 Å². The third-order valence-electron chi connectivity index (χ3n) is 6.53. The van der Waals surface area contributed by atoms with Gasteiger partial charge in [-0.1, -0.05) is 6.07 Å². The van der Waals surface area contributed by atoms with Gasteiger partial charge in [0.1, 0.15) is 23.9 Å². The van der Waals surface area contributed by atoms with Crippen LogP contribution in [0.5, 0.6) is 17.4 Å². The van der Waals surface area contributed by atoms with E-state index in [4.69, 9.17) is 24.3 Å². The predicted octanol–water partition coefficient (Wildman–Crippen LogP) is 3.38. The lowest BCUT2D eigenvalue weighted by Crippen LogP contribution is -2.50. The third kappa shape index (κ3) is 5.39. The summed E-state index contributed by atoms with van der Waals surface area (Å²) in [6.07, 6.45) is 0. The van der Waals surface area contributed by atoms with E-state index in [0.717, 1.165) is 28.4 Å². The van der Waals surface area contributed by atoms with Crippen molar-refractivity contribution in [3.05, 3.63) is 66.7 Å².